The Hall–Kier alpha value is -1.47. The summed E-state index contributed by atoms with van der Waals surface area (Å²) in [6.45, 7) is 0. The summed E-state index contributed by atoms with van der Waals surface area (Å²) in [5, 5.41) is 21.2. The fraction of sp³-hybridized carbons (Fsp3) is 0.364. The number of aryl methyl sites for hydroxylation is 1. The van der Waals surface area contributed by atoms with E-state index in [9.17, 15) is 9.50 Å². The first-order chi connectivity index (χ1) is 8.65. The summed E-state index contributed by atoms with van der Waals surface area (Å²) < 4.78 is 13.3. The third-order valence-corrected chi connectivity index (χ3v) is 3.43. The largest absolute Gasteiger partial charge is 0.392 e. The molecule has 0 bridgehead atoms. The summed E-state index contributed by atoms with van der Waals surface area (Å²) in [6.07, 6.45) is -0.311. The van der Waals surface area contributed by atoms with Gasteiger partial charge in [0.05, 0.1) is 13.2 Å². The highest BCUT2D eigenvalue weighted by Crippen LogP contribution is 2.22. The molecule has 5 nitrogen and oxygen atoms in total. The smallest absolute Gasteiger partial charge is 0.177 e. The highest BCUT2D eigenvalue weighted by atomic mass is 32.2. The molecule has 0 spiro atoms. The second-order valence-corrected chi connectivity index (χ2v) is 4.86. The molecule has 0 aliphatic carbocycles. The minimum absolute atomic E-state index is 0.271. The summed E-state index contributed by atoms with van der Waals surface area (Å²) in [5.41, 5.74) is 0. The zero-order valence-corrected chi connectivity index (χ0v) is 10.6. The zero-order chi connectivity index (χ0) is 13.0. The minimum Gasteiger partial charge on any atom is -0.392 e. The second kappa shape index (κ2) is 5.92. The third-order valence-electron chi connectivity index (χ3n) is 2.24. The molecule has 18 heavy (non-hydrogen) atoms. The van der Waals surface area contributed by atoms with Crippen molar-refractivity contribution in [3.8, 4) is 0 Å². The maximum Gasteiger partial charge on any atom is 0.177 e. The quantitative estimate of drug-likeness (QED) is 0.821. The van der Waals surface area contributed by atoms with Crippen LogP contribution in [0.4, 0.5) is 4.39 Å². The number of hydrogen-bond donors (Lipinski definition) is 1. The second-order valence-electron chi connectivity index (χ2n) is 3.79. The van der Waals surface area contributed by atoms with Gasteiger partial charge in [0, 0.05) is 17.1 Å². The summed E-state index contributed by atoms with van der Waals surface area (Å²) in [6, 6.07) is 6.49. The summed E-state index contributed by atoms with van der Waals surface area (Å²) in [5.74, 6) is 0.602. The van der Waals surface area contributed by atoms with Crippen molar-refractivity contribution in [2.75, 3.05) is 5.75 Å². The van der Waals surface area contributed by atoms with Crippen LogP contribution < -0.4 is 0 Å². The third kappa shape index (κ3) is 3.51. The molecule has 0 fully saturated rings. The number of thioether (sulfide) groups is 1. The van der Waals surface area contributed by atoms with Gasteiger partial charge in [-0.25, -0.2) is 4.39 Å². The standard InChI is InChI=1S/C11H13FN4OS/c1-16-14-11(13-15-16)6-8(17)7-18-10-5-3-2-4-9(10)12/h2-5,8,17H,6-7H2,1H3. The number of hydrogen-bond acceptors (Lipinski definition) is 5. The van der Waals surface area contributed by atoms with Crippen LogP contribution in [0, 0.1) is 5.82 Å². The monoisotopic (exact) mass is 268 g/mol. The average molecular weight is 268 g/mol. The van der Waals surface area contributed by atoms with Gasteiger partial charge in [0.15, 0.2) is 5.82 Å². The first kappa shape index (κ1) is 13.0. The topological polar surface area (TPSA) is 63.8 Å². The normalized spacial score (nSPS) is 12.6. The van der Waals surface area contributed by atoms with E-state index in [0.717, 1.165) is 0 Å². The number of tetrazole rings is 1. The maximum atomic E-state index is 13.3. The van der Waals surface area contributed by atoms with Gasteiger partial charge in [-0.3, -0.25) is 0 Å². The van der Waals surface area contributed by atoms with E-state index in [1.54, 1.807) is 25.2 Å². The van der Waals surface area contributed by atoms with Crippen LogP contribution in [0.2, 0.25) is 0 Å². The van der Waals surface area contributed by atoms with Crippen LogP contribution in [-0.2, 0) is 13.5 Å². The molecule has 0 saturated heterocycles. The van der Waals surface area contributed by atoms with E-state index in [2.05, 4.69) is 15.4 Å². The van der Waals surface area contributed by atoms with Crippen molar-refractivity contribution in [2.24, 2.45) is 7.05 Å². The average Bonchev–Trinajstić information content (AvgIpc) is 2.74. The van der Waals surface area contributed by atoms with E-state index in [-0.39, 0.29) is 5.82 Å². The predicted octanol–water partition coefficient (Wildman–Crippen LogP) is 1.04. The van der Waals surface area contributed by atoms with Gasteiger partial charge in [0.2, 0.25) is 0 Å². The Kier molecular flexibility index (Phi) is 4.27. The molecule has 1 aromatic carbocycles. The lowest BCUT2D eigenvalue weighted by Gasteiger charge is -2.08. The lowest BCUT2D eigenvalue weighted by atomic mass is 10.3. The number of aliphatic hydroxyl groups excluding tert-OH is 1. The van der Waals surface area contributed by atoms with Crippen LogP contribution in [0.5, 0.6) is 0 Å². The van der Waals surface area contributed by atoms with Crippen LogP contribution in [0.3, 0.4) is 0 Å². The fourth-order valence-electron chi connectivity index (χ4n) is 1.42. The molecule has 0 saturated carbocycles. The molecule has 2 aromatic rings. The Morgan fingerprint density at radius 1 is 1.44 bits per heavy atom. The highest BCUT2D eigenvalue weighted by Gasteiger charge is 2.11. The minimum atomic E-state index is -0.626. The Morgan fingerprint density at radius 2 is 2.22 bits per heavy atom. The van der Waals surface area contributed by atoms with Gasteiger partial charge in [0.25, 0.3) is 0 Å². The predicted molar refractivity (Wildman–Crippen MR) is 65.6 cm³/mol. The Bertz CT molecular complexity index is 519. The molecular formula is C11H13FN4OS. The molecule has 1 atom stereocenters. The SMILES string of the molecule is Cn1nnc(CC(O)CSc2ccccc2F)n1. The number of halogens is 1. The van der Waals surface area contributed by atoms with Gasteiger partial charge < -0.3 is 5.11 Å². The first-order valence-corrected chi connectivity index (χ1v) is 6.42. The van der Waals surface area contributed by atoms with E-state index in [1.807, 2.05) is 0 Å². The zero-order valence-electron chi connectivity index (χ0n) is 9.82. The Balaban J connectivity index is 1.85. The number of benzene rings is 1. The molecule has 1 N–H and O–H groups in total. The molecule has 0 radical (unpaired) electrons. The molecular weight excluding hydrogens is 255 g/mol. The summed E-state index contributed by atoms with van der Waals surface area (Å²) in [4.78, 5) is 1.87. The number of aromatic nitrogens is 4. The molecule has 0 aliphatic rings. The van der Waals surface area contributed by atoms with Crippen molar-refractivity contribution >= 4 is 11.8 Å². The summed E-state index contributed by atoms with van der Waals surface area (Å²) >= 11 is 1.27. The number of aliphatic hydroxyl groups is 1. The maximum absolute atomic E-state index is 13.3. The summed E-state index contributed by atoms with van der Waals surface area (Å²) in [7, 11) is 1.66. The van der Waals surface area contributed by atoms with Gasteiger partial charge in [0.1, 0.15) is 5.82 Å². The van der Waals surface area contributed by atoms with Gasteiger partial charge in [-0.1, -0.05) is 12.1 Å². The number of nitrogens with zero attached hydrogens (tertiary/aromatic N) is 4. The molecule has 1 aromatic heterocycles. The Morgan fingerprint density at radius 3 is 2.89 bits per heavy atom. The van der Waals surface area contributed by atoms with Crippen LogP contribution in [0.1, 0.15) is 5.82 Å². The molecule has 7 heteroatoms. The molecule has 1 heterocycles. The van der Waals surface area contributed by atoms with E-state index in [0.29, 0.717) is 22.9 Å². The fourth-order valence-corrected chi connectivity index (χ4v) is 2.29. The van der Waals surface area contributed by atoms with Crippen LogP contribution in [-0.4, -0.2) is 37.2 Å². The van der Waals surface area contributed by atoms with Gasteiger partial charge in [-0.05, 0) is 17.3 Å². The lowest BCUT2D eigenvalue weighted by Crippen LogP contribution is -2.14. The first-order valence-electron chi connectivity index (χ1n) is 5.43. The molecule has 2 rings (SSSR count). The molecule has 0 aliphatic heterocycles. The van der Waals surface area contributed by atoms with Crippen LogP contribution in [0.25, 0.3) is 0 Å². The van der Waals surface area contributed by atoms with E-state index >= 15 is 0 Å². The van der Waals surface area contributed by atoms with E-state index in [1.165, 1.54) is 22.6 Å². The van der Waals surface area contributed by atoms with Crippen molar-refractivity contribution in [2.45, 2.75) is 17.4 Å². The molecule has 1 unspecified atom stereocenters. The van der Waals surface area contributed by atoms with Crippen molar-refractivity contribution in [1.29, 1.82) is 0 Å². The lowest BCUT2D eigenvalue weighted by molar-refractivity contribution is 0.197. The van der Waals surface area contributed by atoms with Crippen molar-refractivity contribution in [1.82, 2.24) is 20.2 Å². The van der Waals surface area contributed by atoms with E-state index in [4.69, 9.17) is 0 Å². The van der Waals surface area contributed by atoms with Gasteiger partial charge >= 0.3 is 0 Å². The van der Waals surface area contributed by atoms with E-state index < -0.39 is 6.10 Å². The number of rotatable bonds is 5. The van der Waals surface area contributed by atoms with Crippen LogP contribution in [0.15, 0.2) is 29.2 Å². The van der Waals surface area contributed by atoms with Gasteiger partial charge in [-0.15, -0.1) is 22.0 Å². The van der Waals surface area contributed by atoms with Gasteiger partial charge in [-0.2, -0.15) is 4.80 Å². The Labute approximate surface area is 108 Å². The van der Waals surface area contributed by atoms with Crippen LogP contribution >= 0.6 is 11.8 Å². The molecule has 0 amide bonds. The van der Waals surface area contributed by atoms with Crippen molar-refractivity contribution in [3.05, 3.63) is 35.9 Å². The van der Waals surface area contributed by atoms with Crippen molar-refractivity contribution < 1.29 is 9.50 Å². The highest BCUT2D eigenvalue weighted by molar-refractivity contribution is 7.99. The van der Waals surface area contributed by atoms with Crippen molar-refractivity contribution in [3.63, 3.8) is 0 Å². The molecule has 96 valence electrons.